The Morgan fingerprint density at radius 1 is 0.756 bits per heavy atom. The average molecular weight is 580 g/mol. The highest BCUT2D eigenvalue weighted by Gasteiger charge is 2.39. The topological polar surface area (TPSA) is 73.9 Å². The second kappa shape index (κ2) is 13.5. The summed E-state index contributed by atoms with van der Waals surface area (Å²) in [7, 11) is 0. The molecule has 1 amide bonds. The maximum Gasteiger partial charge on any atom is 0.573 e. The molecule has 1 unspecified atom stereocenters. The maximum atomic E-state index is 14.1. The Morgan fingerprint density at radius 3 is 1.88 bits per heavy atom. The lowest BCUT2D eigenvalue weighted by Crippen LogP contribution is -2.48. The van der Waals surface area contributed by atoms with Crippen LogP contribution < -0.4 is 14.8 Å². The molecule has 3 rings (SSSR count). The van der Waals surface area contributed by atoms with Crippen LogP contribution in [0.15, 0.2) is 78.9 Å². The van der Waals surface area contributed by atoms with Crippen molar-refractivity contribution in [3.63, 3.8) is 0 Å². The van der Waals surface area contributed by atoms with Gasteiger partial charge in [-0.25, -0.2) is 0 Å². The number of nitrogens with one attached hydrogen (secondary N) is 1. The fraction of sp³-hybridized carbons (Fsp3) is 0.333. The third-order valence-corrected chi connectivity index (χ3v) is 6.09. The normalized spacial score (nSPS) is 13.1. The maximum absolute atomic E-state index is 14.1. The molecule has 220 valence electrons. The van der Waals surface area contributed by atoms with Crippen molar-refractivity contribution in [1.29, 1.82) is 0 Å². The van der Waals surface area contributed by atoms with Gasteiger partial charge in [0.15, 0.2) is 0 Å². The van der Waals surface area contributed by atoms with Crippen LogP contribution in [0.4, 0.5) is 22.0 Å². The fourth-order valence-corrected chi connectivity index (χ4v) is 4.24. The Balaban J connectivity index is 2.19. The molecule has 0 bridgehead atoms. The molecule has 0 aliphatic carbocycles. The van der Waals surface area contributed by atoms with Crippen molar-refractivity contribution in [3.8, 4) is 11.5 Å². The number of halogens is 5. The lowest BCUT2D eigenvalue weighted by atomic mass is 9.77. The second-order valence-corrected chi connectivity index (χ2v) is 9.12. The van der Waals surface area contributed by atoms with Crippen LogP contribution in [0.3, 0.4) is 0 Å². The number of esters is 1. The van der Waals surface area contributed by atoms with Gasteiger partial charge >= 0.3 is 18.4 Å². The second-order valence-electron chi connectivity index (χ2n) is 9.12. The molecule has 3 aromatic rings. The molecule has 11 heteroatoms. The number of amides is 1. The van der Waals surface area contributed by atoms with Gasteiger partial charge in [0.2, 0.25) is 5.91 Å². The van der Waals surface area contributed by atoms with E-state index in [9.17, 15) is 31.5 Å². The number of hydrogen-bond donors (Lipinski definition) is 1. The zero-order valence-corrected chi connectivity index (χ0v) is 22.5. The van der Waals surface area contributed by atoms with E-state index in [0.29, 0.717) is 5.56 Å². The number of rotatable bonds is 13. The predicted octanol–water partition coefficient (Wildman–Crippen LogP) is 6.91. The van der Waals surface area contributed by atoms with Gasteiger partial charge in [-0.2, -0.15) is 8.78 Å². The smallest absolute Gasteiger partial charge is 0.466 e. The first-order valence-corrected chi connectivity index (χ1v) is 12.9. The van der Waals surface area contributed by atoms with Crippen LogP contribution in [0, 0.1) is 0 Å². The highest BCUT2D eigenvalue weighted by Crippen LogP contribution is 2.38. The average Bonchev–Trinajstić information content (AvgIpc) is 2.91. The van der Waals surface area contributed by atoms with E-state index >= 15 is 0 Å². The monoisotopic (exact) mass is 579 g/mol. The Hall–Kier alpha value is -4.15. The van der Waals surface area contributed by atoms with Gasteiger partial charge in [-0.3, -0.25) is 9.59 Å². The van der Waals surface area contributed by atoms with E-state index in [1.54, 1.807) is 43.3 Å². The van der Waals surface area contributed by atoms with E-state index in [1.807, 2.05) is 0 Å². The summed E-state index contributed by atoms with van der Waals surface area (Å²) in [6, 6.07) is 19.4. The van der Waals surface area contributed by atoms with Crippen molar-refractivity contribution < 1.29 is 45.8 Å². The SMILES string of the molecule is CCOC(=O)CCC(=O)NC(Cc1ccccc1)(c1cccc(OC(F)(F)F)c1)c1cccc(OC(F)(F)CC)c1. The molecule has 1 N–H and O–H groups in total. The summed E-state index contributed by atoms with van der Waals surface area (Å²) in [6.45, 7) is 3.00. The molecule has 0 saturated carbocycles. The Kier molecular flexibility index (Phi) is 10.3. The molecule has 41 heavy (non-hydrogen) atoms. The number of carbonyl (C=O) groups excluding carboxylic acids is 2. The minimum absolute atomic E-state index is 0.00207. The Bertz CT molecular complexity index is 1320. The molecule has 6 nitrogen and oxygen atoms in total. The van der Waals surface area contributed by atoms with Crippen molar-refractivity contribution in [1.82, 2.24) is 5.32 Å². The van der Waals surface area contributed by atoms with Gasteiger partial charge in [0, 0.05) is 19.3 Å². The van der Waals surface area contributed by atoms with E-state index in [4.69, 9.17) is 9.47 Å². The summed E-state index contributed by atoms with van der Waals surface area (Å²) in [5.74, 6) is -1.98. The summed E-state index contributed by atoms with van der Waals surface area (Å²) in [6.07, 6.45) is -9.61. The fourth-order valence-electron chi connectivity index (χ4n) is 4.24. The lowest BCUT2D eigenvalue weighted by molar-refractivity contribution is -0.274. The highest BCUT2D eigenvalue weighted by atomic mass is 19.4. The molecule has 0 fully saturated rings. The van der Waals surface area contributed by atoms with Crippen molar-refractivity contribution in [2.24, 2.45) is 0 Å². The molecule has 0 spiro atoms. The minimum atomic E-state index is -4.98. The zero-order valence-electron chi connectivity index (χ0n) is 22.5. The van der Waals surface area contributed by atoms with Crippen LogP contribution in [-0.2, 0) is 26.3 Å². The molecule has 3 aromatic carbocycles. The van der Waals surface area contributed by atoms with Crippen LogP contribution in [-0.4, -0.2) is 31.0 Å². The summed E-state index contributed by atoms with van der Waals surface area (Å²) in [5, 5.41) is 2.88. The van der Waals surface area contributed by atoms with E-state index < -0.39 is 42.1 Å². The number of benzene rings is 3. The van der Waals surface area contributed by atoms with Gasteiger partial charge in [0.25, 0.3) is 0 Å². The summed E-state index contributed by atoms with van der Waals surface area (Å²) in [5.41, 5.74) is -0.504. The molecule has 0 saturated heterocycles. The van der Waals surface area contributed by atoms with Gasteiger partial charge in [0.1, 0.15) is 11.5 Å². The molecule has 0 aromatic heterocycles. The van der Waals surface area contributed by atoms with Gasteiger partial charge < -0.3 is 19.5 Å². The van der Waals surface area contributed by atoms with Gasteiger partial charge in [-0.1, -0.05) is 61.5 Å². The number of hydrogen-bond acceptors (Lipinski definition) is 5. The largest absolute Gasteiger partial charge is 0.573 e. The third-order valence-electron chi connectivity index (χ3n) is 6.09. The van der Waals surface area contributed by atoms with E-state index in [-0.39, 0.29) is 42.7 Å². The molecule has 0 heterocycles. The van der Waals surface area contributed by atoms with E-state index in [2.05, 4.69) is 10.1 Å². The first kappa shape index (κ1) is 31.4. The van der Waals surface area contributed by atoms with Crippen LogP contribution >= 0.6 is 0 Å². The van der Waals surface area contributed by atoms with Gasteiger partial charge in [0.05, 0.1) is 18.6 Å². The Labute approximate surface area is 234 Å². The van der Waals surface area contributed by atoms with Gasteiger partial charge in [-0.15, -0.1) is 13.2 Å². The molecule has 0 aliphatic heterocycles. The zero-order chi connectivity index (χ0) is 30.1. The molecular weight excluding hydrogens is 549 g/mol. The minimum Gasteiger partial charge on any atom is -0.466 e. The summed E-state index contributed by atoms with van der Waals surface area (Å²) < 4.78 is 81.5. The first-order chi connectivity index (χ1) is 19.4. The summed E-state index contributed by atoms with van der Waals surface area (Å²) in [4.78, 5) is 25.2. The van der Waals surface area contributed by atoms with Crippen molar-refractivity contribution >= 4 is 11.9 Å². The van der Waals surface area contributed by atoms with E-state index in [0.717, 1.165) is 12.1 Å². The lowest BCUT2D eigenvalue weighted by Gasteiger charge is -2.37. The van der Waals surface area contributed by atoms with Crippen LogP contribution in [0.25, 0.3) is 0 Å². The van der Waals surface area contributed by atoms with Crippen LogP contribution in [0.2, 0.25) is 0 Å². The molecule has 0 aliphatic rings. The van der Waals surface area contributed by atoms with Crippen LogP contribution in [0.1, 0.15) is 49.8 Å². The highest BCUT2D eigenvalue weighted by molar-refractivity contribution is 5.82. The third kappa shape index (κ3) is 9.19. The number of alkyl halides is 5. The molecular formula is C30H30F5NO5. The van der Waals surface area contributed by atoms with Gasteiger partial charge in [-0.05, 0) is 47.9 Å². The van der Waals surface area contributed by atoms with E-state index in [1.165, 1.54) is 37.3 Å². The molecule has 0 radical (unpaired) electrons. The van der Waals surface area contributed by atoms with Crippen molar-refractivity contribution in [3.05, 3.63) is 95.6 Å². The molecule has 1 atom stereocenters. The first-order valence-electron chi connectivity index (χ1n) is 12.9. The predicted molar refractivity (Wildman–Crippen MR) is 140 cm³/mol. The quantitative estimate of drug-likeness (QED) is 0.176. The van der Waals surface area contributed by atoms with Crippen molar-refractivity contribution in [2.75, 3.05) is 6.61 Å². The number of carbonyl (C=O) groups is 2. The van der Waals surface area contributed by atoms with Crippen molar-refractivity contribution in [2.45, 2.75) is 57.5 Å². The summed E-state index contributed by atoms with van der Waals surface area (Å²) >= 11 is 0. The standard InChI is InChI=1S/C30H30F5NO5/c1-3-29(31,32)40-24-14-8-12-22(18-24)28(20-21-10-6-5-7-11-21,36-26(37)16-17-27(38)39-4-2)23-13-9-15-25(19-23)41-30(33,34)35/h5-15,18-19H,3-4,16-17,20H2,1-2H3,(H,36,37). The number of ether oxygens (including phenoxy) is 3. The van der Waals surface area contributed by atoms with Crippen LogP contribution in [0.5, 0.6) is 11.5 Å². The Morgan fingerprint density at radius 2 is 1.34 bits per heavy atom.